The maximum absolute atomic E-state index is 13.0. The van der Waals surface area contributed by atoms with Gasteiger partial charge in [-0.15, -0.1) is 0 Å². The highest BCUT2D eigenvalue weighted by molar-refractivity contribution is 7.53. The minimum atomic E-state index is -3.80. The first kappa shape index (κ1) is 43.5. The molecule has 262 valence electrons. The Hall–Kier alpha value is -0.490. The van der Waals surface area contributed by atoms with E-state index in [0.717, 1.165) is 19.3 Å². The van der Waals surface area contributed by atoms with Crippen molar-refractivity contribution in [2.75, 3.05) is 41.0 Å². The molecule has 0 radical (unpaired) electrons. The SMILES string of the molecule is CCCCC/C=C\CCCCCCCCCC/C=C\CCCCCOC[C@H](COP(=O)(O)C(CC)[N+](C)(C)C)OC(C)(C)C. The van der Waals surface area contributed by atoms with E-state index in [1.807, 2.05) is 48.8 Å². The molecule has 0 fully saturated rings. The zero-order chi connectivity index (χ0) is 33.2. The number of quaternary nitrogens is 1. The third-order valence-corrected chi connectivity index (χ3v) is 10.2. The number of hydrogen-bond acceptors (Lipinski definition) is 4. The molecule has 0 heterocycles. The van der Waals surface area contributed by atoms with Crippen molar-refractivity contribution in [1.29, 1.82) is 0 Å². The summed E-state index contributed by atoms with van der Waals surface area (Å²) in [5.74, 6) is -0.477. The van der Waals surface area contributed by atoms with Gasteiger partial charge in [0.25, 0.3) is 0 Å². The summed E-state index contributed by atoms with van der Waals surface area (Å²) in [6.07, 6.45) is 32.9. The van der Waals surface area contributed by atoms with Crippen molar-refractivity contribution < 1.29 is 27.9 Å². The summed E-state index contributed by atoms with van der Waals surface area (Å²) in [7, 11) is 1.96. The van der Waals surface area contributed by atoms with Crippen LogP contribution in [0.3, 0.4) is 0 Å². The second-order valence-electron chi connectivity index (χ2n) is 14.5. The quantitative estimate of drug-likeness (QED) is 0.0365. The molecular formula is C37H75NO5P+. The lowest BCUT2D eigenvalue weighted by Gasteiger charge is -2.36. The summed E-state index contributed by atoms with van der Waals surface area (Å²) in [6.45, 7) is 11.2. The fourth-order valence-electron chi connectivity index (χ4n) is 5.53. The predicted octanol–water partition coefficient (Wildman–Crippen LogP) is 11.0. The van der Waals surface area contributed by atoms with Crippen molar-refractivity contribution in [2.45, 2.75) is 174 Å². The largest absolute Gasteiger partial charge is 0.385 e. The van der Waals surface area contributed by atoms with E-state index in [-0.39, 0.29) is 12.7 Å². The smallest absolute Gasteiger partial charge is 0.379 e. The van der Waals surface area contributed by atoms with Crippen LogP contribution in [0.15, 0.2) is 24.3 Å². The molecule has 0 amide bonds. The van der Waals surface area contributed by atoms with Gasteiger partial charge in [0.2, 0.25) is 0 Å². The summed E-state index contributed by atoms with van der Waals surface area (Å²) in [5, 5.41) is 0. The van der Waals surface area contributed by atoms with Crippen molar-refractivity contribution in [3.05, 3.63) is 24.3 Å². The molecule has 0 saturated carbocycles. The van der Waals surface area contributed by atoms with Crippen LogP contribution in [0.5, 0.6) is 0 Å². The Kier molecular flexibility index (Phi) is 26.3. The fourth-order valence-corrected chi connectivity index (χ4v) is 7.42. The van der Waals surface area contributed by atoms with Crippen molar-refractivity contribution >= 4 is 7.60 Å². The van der Waals surface area contributed by atoms with Gasteiger partial charge in [-0.2, -0.15) is 0 Å². The lowest BCUT2D eigenvalue weighted by atomic mass is 10.1. The molecule has 0 spiro atoms. The Morgan fingerprint density at radius 3 is 1.52 bits per heavy atom. The van der Waals surface area contributed by atoms with E-state index in [1.54, 1.807) is 0 Å². The first-order valence-electron chi connectivity index (χ1n) is 18.2. The van der Waals surface area contributed by atoms with Gasteiger partial charge in [0.15, 0.2) is 5.78 Å². The third kappa shape index (κ3) is 26.7. The van der Waals surface area contributed by atoms with E-state index in [0.29, 0.717) is 24.1 Å². The molecule has 0 aliphatic carbocycles. The summed E-state index contributed by atoms with van der Waals surface area (Å²) < 4.78 is 30.9. The maximum atomic E-state index is 13.0. The molecule has 0 rings (SSSR count). The first-order chi connectivity index (χ1) is 20.8. The van der Waals surface area contributed by atoms with Gasteiger partial charge in [-0.25, -0.2) is 0 Å². The molecule has 3 atom stereocenters. The molecule has 0 aromatic carbocycles. The molecule has 0 saturated heterocycles. The number of hydrogen-bond donors (Lipinski definition) is 1. The van der Waals surface area contributed by atoms with Crippen LogP contribution in [-0.4, -0.2) is 67.8 Å². The van der Waals surface area contributed by atoms with E-state index in [1.165, 1.54) is 96.3 Å². The molecule has 0 bridgehead atoms. The van der Waals surface area contributed by atoms with Crippen LogP contribution in [0.2, 0.25) is 0 Å². The van der Waals surface area contributed by atoms with Gasteiger partial charge in [-0.3, -0.25) is 4.57 Å². The lowest BCUT2D eigenvalue weighted by molar-refractivity contribution is -0.883. The molecular weight excluding hydrogens is 569 g/mol. The second kappa shape index (κ2) is 26.6. The molecule has 6 nitrogen and oxygen atoms in total. The first-order valence-corrected chi connectivity index (χ1v) is 19.8. The van der Waals surface area contributed by atoms with Crippen LogP contribution < -0.4 is 0 Å². The Bertz CT molecular complexity index is 756. The lowest BCUT2D eigenvalue weighted by Crippen LogP contribution is -2.45. The van der Waals surface area contributed by atoms with Crippen molar-refractivity contribution in [2.24, 2.45) is 0 Å². The Morgan fingerprint density at radius 2 is 1.11 bits per heavy atom. The molecule has 1 N–H and O–H groups in total. The van der Waals surface area contributed by atoms with Crippen LogP contribution in [0.25, 0.3) is 0 Å². The van der Waals surface area contributed by atoms with E-state index >= 15 is 0 Å². The molecule has 0 aliphatic rings. The van der Waals surface area contributed by atoms with E-state index in [4.69, 9.17) is 14.0 Å². The van der Waals surface area contributed by atoms with Gasteiger partial charge in [-0.05, 0) is 78.6 Å². The summed E-state index contributed by atoms with van der Waals surface area (Å²) in [4.78, 5) is 10.6. The highest BCUT2D eigenvalue weighted by Crippen LogP contribution is 2.51. The average molecular weight is 645 g/mol. The molecule has 0 aromatic heterocycles. The normalized spacial score (nSPS) is 15.8. The Morgan fingerprint density at radius 1 is 0.682 bits per heavy atom. The standard InChI is InChI=1S/C37H74NO5P/c1-9-11-12-13-14-15-16-17-18-19-20-21-22-23-24-25-26-27-28-29-30-31-32-41-33-35(43-37(3,4)5)34-42-44(39,40)36(10-2)38(6,7)8/h14-15,26-27,35-36H,9-13,16-25,28-34H2,1-8H3/p+1/b15-14-,27-26-/t35-,36?/m1/s1. The van der Waals surface area contributed by atoms with Crippen molar-refractivity contribution in [1.82, 2.24) is 0 Å². The molecule has 0 aliphatic heterocycles. The Balaban J connectivity index is 3.85. The summed E-state index contributed by atoms with van der Waals surface area (Å²) in [5.41, 5.74) is -0.391. The van der Waals surface area contributed by atoms with Crippen LogP contribution in [-0.2, 0) is 18.6 Å². The van der Waals surface area contributed by atoms with Crippen LogP contribution >= 0.6 is 7.60 Å². The van der Waals surface area contributed by atoms with Crippen LogP contribution in [0.4, 0.5) is 0 Å². The highest BCUT2D eigenvalue weighted by atomic mass is 31.2. The minimum absolute atomic E-state index is 0.0453. The predicted molar refractivity (Wildman–Crippen MR) is 190 cm³/mol. The molecule has 2 unspecified atom stereocenters. The second-order valence-corrected chi connectivity index (χ2v) is 16.5. The molecule has 7 heteroatoms. The van der Waals surface area contributed by atoms with E-state index in [2.05, 4.69) is 31.2 Å². The monoisotopic (exact) mass is 645 g/mol. The van der Waals surface area contributed by atoms with Gasteiger partial charge in [0.1, 0.15) is 6.10 Å². The van der Waals surface area contributed by atoms with Gasteiger partial charge in [0, 0.05) is 13.0 Å². The Labute approximate surface area is 274 Å². The average Bonchev–Trinajstić information content (AvgIpc) is 2.92. The van der Waals surface area contributed by atoms with E-state index in [9.17, 15) is 9.46 Å². The third-order valence-electron chi connectivity index (χ3n) is 7.86. The maximum Gasteiger partial charge on any atom is 0.385 e. The zero-order valence-electron chi connectivity index (χ0n) is 30.5. The molecule has 44 heavy (non-hydrogen) atoms. The van der Waals surface area contributed by atoms with E-state index < -0.39 is 19.0 Å². The van der Waals surface area contributed by atoms with Crippen molar-refractivity contribution in [3.63, 3.8) is 0 Å². The topological polar surface area (TPSA) is 65.0 Å². The number of nitrogens with zero attached hydrogens (tertiary/aromatic N) is 1. The zero-order valence-corrected chi connectivity index (χ0v) is 31.4. The fraction of sp³-hybridized carbons (Fsp3) is 0.892. The number of ether oxygens (including phenoxy) is 2. The van der Waals surface area contributed by atoms with Gasteiger partial charge in [0.05, 0.1) is 40.0 Å². The summed E-state index contributed by atoms with van der Waals surface area (Å²) >= 11 is 0. The van der Waals surface area contributed by atoms with Crippen LogP contribution in [0.1, 0.15) is 157 Å². The van der Waals surface area contributed by atoms with Gasteiger partial charge in [-0.1, -0.05) is 95.9 Å². The van der Waals surface area contributed by atoms with Gasteiger partial charge >= 0.3 is 7.60 Å². The number of allylic oxidation sites excluding steroid dienone is 4. The highest BCUT2D eigenvalue weighted by Gasteiger charge is 2.42. The van der Waals surface area contributed by atoms with Crippen LogP contribution in [0, 0.1) is 0 Å². The number of unbranched alkanes of at least 4 members (excludes halogenated alkanes) is 15. The summed E-state index contributed by atoms with van der Waals surface area (Å²) in [6, 6.07) is 0. The minimum Gasteiger partial charge on any atom is -0.379 e. The van der Waals surface area contributed by atoms with Crippen molar-refractivity contribution in [3.8, 4) is 0 Å². The molecule has 0 aromatic rings. The van der Waals surface area contributed by atoms with Gasteiger partial charge < -0.3 is 23.4 Å². The number of rotatable bonds is 30.